The summed E-state index contributed by atoms with van der Waals surface area (Å²) >= 11 is 0. The average molecular weight is 733 g/mol. The third kappa shape index (κ3) is 13.4. The summed E-state index contributed by atoms with van der Waals surface area (Å²) < 4.78 is 21.9. The SMILES string of the molecule is N#CC(=N)C(C(N)=NCc1ccc2c(c1)CCN(C(=O)CCOCCOCCOCCOCCNC(=O)/C(C=N)=C/N)C2)=C(N)c1ccc(O)c(N)c1. The fraction of sp³-hybridized carbons (Fsp3) is 0.389. The van der Waals surface area contributed by atoms with E-state index in [2.05, 4.69) is 10.3 Å². The highest BCUT2D eigenvalue weighted by Gasteiger charge is 2.21. The summed E-state index contributed by atoms with van der Waals surface area (Å²) in [6.45, 7) is 4.37. The number of aliphatic imine (C=N–C) groups is 1. The molecular formula is C36H48N10O7. The first-order valence-corrected chi connectivity index (χ1v) is 16.9. The molecule has 0 unspecified atom stereocenters. The van der Waals surface area contributed by atoms with E-state index in [1.807, 2.05) is 23.1 Å². The molecule has 1 aliphatic rings. The Kier molecular flexibility index (Phi) is 17.4. The smallest absolute Gasteiger partial charge is 0.254 e. The van der Waals surface area contributed by atoms with Gasteiger partial charge in [-0.3, -0.25) is 20.0 Å². The molecule has 0 bridgehead atoms. The van der Waals surface area contributed by atoms with Crippen LogP contribution in [0.5, 0.6) is 5.75 Å². The van der Waals surface area contributed by atoms with Crippen LogP contribution in [0.1, 0.15) is 28.7 Å². The highest BCUT2D eigenvalue weighted by molar-refractivity contribution is 6.31. The Morgan fingerprint density at radius 1 is 0.981 bits per heavy atom. The Morgan fingerprint density at radius 2 is 1.64 bits per heavy atom. The van der Waals surface area contributed by atoms with Gasteiger partial charge in [0.25, 0.3) is 5.91 Å². The quantitative estimate of drug-likeness (QED) is 0.0207. The van der Waals surface area contributed by atoms with Gasteiger partial charge >= 0.3 is 0 Å². The van der Waals surface area contributed by atoms with Crippen molar-refractivity contribution in [3.63, 3.8) is 0 Å². The number of amidine groups is 1. The van der Waals surface area contributed by atoms with Crippen molar-refractivity contribution >= 4 is 41.0 Å². The molecule has 2 aromatic carbocycles. The number of nitrogens with two attached hydrogens (primary N) is 4. The Labute approximate surface area is 308 Å². The van der Waals surface area contributed by atoms with E-state index < -0.39 is 11.6 Å². The second-order valence-corrected chi connectivity index (χ2v) is 11.6. The number of nitrogens with zero attached hydrogens (tertiary/aromatic N) is 3. The summed E-state index contributed by atoms with van der Waals surface area (Å²) in [5.41, 5.74) is 26.6. The summed E-state index contributed by atoms with van der Waals surface area (Å²) in [5, 5.41) is 36.9. The number of benzene rings is 2. The van der Waals surface area contributed by atoms with Crippen LogP contribution in [0.4, 0.5) is 5.69 Å². The Balaban J connectivity index is 1.31. The number of aromatic hydroxyl groups is 1. The molecule has 17 nitrogen and oxygen atoms in total. The predicted molar refractivity (Wildman–Crippen MR) is 200 cm³/mol. The number of nitriles is 1. The lowest BCUT2D eigenvalue weighted by molar-refractivity contribution is -0.133. The molecule has 12 N–H and O–H groups in total. The molecule has 1 aliphatic heterocycles. The molecule has 1 heterocycles. The number of fused-ring (bicyclic) bond motifs is 1. The number of hydrogen-bond acceptors (Lipinski definition) is 14. The minimum atomic E-state index is -0.454. The second kappa shape index (κ2) is 22.2. The number of hydrogen-bond donors (Lipinski definition) is 8. The molecule has 2 aromatic rings. The van der Waals surface area contributed by atoms with Crippen molar-refractivity contribution in [2.24, 2.45) is 22.2 Å². The van der Waals surface area contributed by atoms with Gasteiger partial charge in [0.05, 0.1) is 88.4 Å². The van der Waals surface area contributed by atoms with Gasteiger partial charge in [-0.05, 0) is 41.3 Å². The number of phenolic OH excluding ortho intramolecular Hbond substituents is 1. The molecule has 0 atom stereocenters. The van der Waals surface area contributed by atoms with Crippen LogP contribution < -0.4 is 28.3 Å². The number of nitrogens with one attached hydrogen (secondary N) is 3. The topological polar surface area (TPSA) is 294 Å². The largest absolute Gasteiger partial charge is 0.506 e. The molecule has 0 aliphatic carbocycles. The van der Waals surface area contributed by atoms with Gasteiger partial charge < -0.3 is 62.6 Å². The third-order valence-electron chi connectivity index (χ3n) is 8.00. The summed E-state index contributed by atoms with van der Waals surface area (Å²) in [4.78, 5) is 30.7. The van der Waals surface area contributed by atoms with Crippen molar-refractivity contribution in [1.82, 2.24) is 10.2 Å². The summed E-state index contributed by atoms with van der Waals surface area (Å²) in [6.07, 6.45) is 2.89. The number of anilines is 1. The molecule has 0 radical (unpaired) electrons. The Morgan fingerprint density at radius 3 is 2.26 bits per heavy atom. The van der Waals surface area contributed by atoms with Gasteiger partial charge in [0, 0.05) is 37.6 Å². The van der Waals surface area contributed by atoms with E-state index >= 15 is 0 Å². The van der Waals surface area contributed by atoms with E-state index in [-0.39, 0.29) is 59.6 Å². The first kappa shape index (κ1) is 41.6. The van der Waals surface area contributed by atoms with Crippen LogP contribution in [0, 0.1) is 22.1 Å². The Bertz CT molecular complexity index is 1740. The van der Waals surface area contributed by atoms with Crippen molar-refractivity contribution in [1.29, 1.82) is 16.1 Å². The lowest BCUT2D eigenvalue weighted by Gasteiger charge is -2.29. The molecule has 0 fully saturated rings. The lowest BCUT2D eigenvalue weighted by Crippen LogP contribution is -2.36. The first-order chi connectivity index (χ1) is 25.6. The maximum atomic E-state index is 12.8. The van der Waals surface area contributed by atoms with Crippen LogP contribution in [0.15, 0.2) is 58.7 Å². The molecule has 0 saturated carbocycles. The summed E-state index contributed by atoms with van der Waals surface area (Å²) in [7, 11) is 0. The van der Waals surface area contributed by atoms with Crippen LogP contribution >= 0.6 is 0 Å². The van der Waals surface area contributed by atoms with Crippen molar-refractivity contribution in [3.8, 4) is 11.8 Å². The number of phenols is 1. The van der Waals surface area contributed by atoms with E-state index in [1.54, 1.807) is 6.07 Å². The number of rotatable bonds is 22. The van der Waals surface area contributed by atoms with Crippen molar-refractivity contribution in [2.75, 3.05) is 71.7 Å². The van der Waals surface area contributed by atoms with Crippen LogP contribution in [0.25, 0.3) is 5.70 Å². The first-order valence-electron chi connectivity index (χ1n) is 16.9. The monoisotopic (exact) mass is 732 g/mol. The summed E-state index contributed by atoms with van der Waals surface area (Å²) in [6, 6.07) is 11.9. The highest BCUT2D eigenvalue weighted by atomic mass is 16.6. The zero-order valence-electron chi connectivity index (χ0n) is 29.6. The van der Waals surface area contributed by atoms with Crippen molar-refractivity contribution in [3.05, 3.63) is 76.0 Å². The number of carbonyl (C=O) groups is 2. The minimum absolute atomic E-state index is 0.00626. The maximum Gasteiger partial charge on any atom is 0.254 e. The standard InChI is InChI=1S/C36H48N10O7/c37-19-28(20-38)36(49)44-7-10-51-12-14-53-16-15-52-13-11-50-9-6-32(48)46-8-5-25-17-24(1-2-27(25)23-46)22-45-35(43)33(30(41)21-39)34(42)26-3-4-31(47)29(40)18-26/h1-4,17-20,37,41,47H,5-16,22-23,38,40,42H2,(H2,43,45)(H,44,49)/b28-20+,34-33?,37-19?,41-30?. The van der Waals surface area contributed by atoms with Gasteiger partial charge in [-0.2, -0.15) is 5.26 Å². The molecule has 53 heavy (non-hydrogen) atoms. The molecule has 0 spiro atoms. The maximum absolute atomic E-state index is 12.8. The molecule has 0 saturated heterocycles. The van der Waals surface area contributed by atoms with Crippen LogP contribution in [0.3, 0.4) is 0 Å². The van der Waals surface area contributed by atoms with E-state index in [4.69, 9.17) is 52.7 Å². The molecule has 2 amide bonds. The predicted octanol–water partition coefficient (Wildman–Crippen LogP) is 0.695. The number of nitrogen functional groups attached to an aromatic ring is 1. The van der Waals surface area contributed by atoms with Crippen molar-refractivity contribution in [2.45, 2.75) is 25.9 Å². The van der Waals surface area contributed by atoms with Gasteiger partial charge in [-0.1, -0.05) is 18.2 Å². The van der Waals surface area contributed by atoms with E-state index in [1.165, 1.54) is 18.2 Å². The summed E-state index contributed by atoms with van der Waals surface area (Å²) in [5.74, 6) is -0.616. The fourth-order valence-corrected chi connectivity index (χ4v) is 5.10. The molecule has 3 rings (SSSR count). The van der Waals surface area contributed by atoms with E-state index in [9.17, 15) is 20.0 Å². The van der Waals surface area contributed by atoms with Crippen LogP contribution in [-0.2, 0) is 48.0 Å². The zero-order chi connectivity index (χ0) is 38.6. The molecule has 0 aromatic heterocycles. The minimum Gasteiger partial charge on any atom is -0.506 e. The van der Waals surface area contributed by atoms with Gasteiger partial charge in [-0.25, -0.2) is 0 Å². The highest BCUT2D eigenvalue weighted by Crippen LogP contribution is 2.25. The normalized spacial score (nSPS) is 13.5. The van der Waals surface area contributed by atoms with Gasteiger partial charge in [-0.15, -0.1) is 0 Å². The van der Waals surface area contributed by atoms with Crippen molar-refractivity contribution < 1.29 is 33.6 Å². The average Bonchev–Trinajstić information content (AvgIpc) is 3.16. The third-order valence-corrected chi connectivity index (χ3v) is 8.00. The van der Waals surface area contributed by atoms with Gasteiger partial charge in [0.2, 0.25) is 5.91 Å². The number of amides is 2. The molecule has 17 heteroatoms. The van der Waals surface area contributed by atoms with Crippen LogP contribution in [-0.4, -0.2) is 106 Å². The Hall–Kier alpha value is -5.80. The van der Waals surface area contributed by atoms with E-state index in [0.29, 0.717) is 77.9 Å². The zero-order valence-corrected chi connectivity index (χ0v) is 29.6. The van der Waals surface area contributed by atoms with E-state index in [0.717, 1.165) is 29.1 Å². The number of ether oxygens (including phenoxy) is 4. The second-order valence-electron chi connectivity index (χ2n) is 11.6. The van der Waals surface area contributed by atoms with Gasteiger partial charge in [0.1, 0.15) is 23.4 Å². The molecule has 284 valence electrons. The number of carbonyl (C=O) groups excluding carboxylic acids is 2. The fourth-order valence-electron chi connectivity index (χ4n) is 5.10. The lowest BCUT2D eigenvalue weighted by atomic mass is 9.97. The molecular weight excluding hydrogens is 684 g/mol. The van der Waals surface area contributed by atoms with Crippen LogP contribution in [0.2, 0.25) is 0 Å². The van der Waals surface area contributed by atoms with Gasteiger partial charge in [0.15, 0.2) is 0 Å².